The van der Waals surface area contributed by atoms with Crippen molar-refractivity contribution in [2.24, 2.45) is 0 Å². The lowest BCUT2D eigenvalue weighted by Gasteiger charge is -2.24. The summed E-state index contributed by atoms with van der Waals surface area (Å²) in [5.41, 5.74) is 1.64. The van der Waals surface area contributed by atoms with Gasteiger partial charge in [-0.15, -0.1) is 0 Å². The molecule has 3 heteroatoms. The number of nitrogens with zero attached hydrogens (tertiary/aromatic N) is 1. The maximum absolute atomic E-state index is 9.74. The quantitative estimate of drug-likeness (QED) is 0.810. The van der Waals surface area contributed by atoms with Gasteiger partial charge in [-0.25, -0.2) is 0 Å². The average molecular weight is 307 g/mol. The maximum atomic E-state index is 9.74. The Balaban J connectivity index is 1.90. The van der Waals surface area contributed by atoms with Crippen molar-refractivity contribution < 1.29 is 9.47 Å². The summed E-state index contributed by atoms with van der Waals surface area (Å²) < 4.78 is 11.6. The van der Waals surface area contributed by atoms with E-state index in [0.717, 1.165) is 36.8 Å². The van der Waals surface area contributed by atoms with Crippen molar-refractivity contribution in [1.29, 1.82) is 5.26 Å². The molecule has 2 aromatic rings. The molecule has 0 N–H and O–H groups in total. The predicted molar refractivity (Wildman–Crippen MR) is 89.5 cm³/mol. The van der Waals surface area contributed by atoms with E-state index >= 15 is 0 Å². The van der Waals surface area contributed by atoms with Crippen LogP contribution in [-0.2, 0) is 12.0 Å². The minimum atomic E-state index is -0.433. The van der Waals surface area contributed by atoms with Crippen molar-refractivity contribution >= 4 is 0 Å². The highest BCUT2D eigenvalue weighted by atomic mass is 16.5. The zero-order valence-corrected chi connectivity index (χ0v) is 13.4. The minimum absolute atomic E-state index is 0.433. The Kier molecular flexibility index (Phi) is 4.52. The van der Waals surface area contributed by atoms with Gasteiger partial charge in [0.15, 0.2) is 11.5 Å². The van der Waals surface area contributed by atoms with E-state index in [-0.39, 0.29) is 0 Å². The molecule has 0 heterocycles. The number of nitriles is 1. The summed E-state index contributed by atoms with van der Waals surface area (Å²) in [5.74, 6) is 1.40. The normalized spacial score (nSPS) is 15.8. The van der Waals surface area contributed by atoms with Crippen molar-refractivity contribution in [2.45, 2.75) is 37.7 Å². The number of hydrogen-bond acceptors (Lipinski definition) is 3. The first-order chi connectivity index (χ1) is 11.3. The lowest BCUT2D eigenvalue weighted by atomic mass is 9.79. The van der Waals surface area contributed by atoms with Crippen molar-refractivity contribution in [3.05, 3.63) is 59.7 Å². The van der Waals surface area contributed by atoms with Gasteiger partial charge in [0.05, 0.1) is 18.6 Å². The van der Waals surface area contributed by atoms with E-state index in [4.69, 9.17) is 9.47 Å². The second-order valence-corrected chi connectivity index (χ2v) is 6.01. The van der Waals surface area contributed by atoms with Gasteiger partial charge in [-0.05, 0) is 24.5 Å². The van der Waals surface area contributed by atoms with Gasteiger partial charge >= 0.3 is 0 Å². The zero-order chi connectivity index (χ0) is 16.1. The molecule has 0 radical (unpaired) electrons. The van der Waals surface area contributed by atoms with Gasteiger partial charge in [0.25, 0.3) is 0 Å². The Labute approximate surface area is 137 Å². The number of hydrogen-bond donors (Lipinski definition) is 0. The van der Waals surface area contributed by atoms with Crippen LogP contribution in [0.2, 0.25) is 0 Å². The first kappa shape index (κ1) is 15.4. The van der Waals surface area contributed by atoms with Crippen LogP contribution in [-0.4, -0.2) is 7.11 Å². The van der Waals surface area contributed by atoms with E-state index in [1.54, 1.807) is 7.11 Å². The van der Waals surface area contributed by atoms with Gasteiger partial charge in [-0.1, -0.05) is 55.3 Å². The second-order valence-electron chi connectivity index (χ2n) is 6.01. The zero-order valence-electron chi connectivity index (χ0n) is 13.4. The monoisotopic (exact) mass is 307 g/mol. The lowest BCUT2D eigenvalue weighted by Crippen LogP contribution is -2.20. The third-order valence-electron chi connectivity index (χ3n) is 4.61. The molecule has 0 aromatic heterocycles. The third kappa shape index (κ3) is 3.03. The summed E-state index contributed by atoms with van der Waals surface area (Å²) in [7, 11) is 1.65. The molecule has 0 amide bonds. The summed E-state index contributed by atoms with van der Waals surface area (Å²) in [6.07, 6.45) is 3.96. The smallest absolute Gasteiger partial charge is 0.165 e. The van der Waals surface area contributed by atoms with Crippen LogP contribution in [0.4, 0.5) is 0 Å². The van der Waals surface area contributed by atoms with Gasteiger partial charge in [0.2, 0.25) is 0 Å². The van der Waals surface area contributed by atoms with Gasteiger partial charge in [-0.2, -0.15) is 5.26 Å². The van der Waals surface area contributed by atoms with Crippen LogP contribution < -0.4 is 9.47 Å². The number of methoxy groups -OCH3 is 1. The molecule has 23 heavy (non-hydrogen) atoms. The largest absolute Gasteiger partial charge is 0.493 e. The summed E-state index contributed by atoms with van der Waals surface area (Å²) in [6, 6.07) is 18.4. The predicted octanol–water partition coefficient (Wildman–Crippen LogP) is 4.61. The van der Waals surface area contributed by atoms with Crippen LogP contribution in [0.1, 0.15) is 36.8 Å². The number of benzene rings is 2. The van der Waals surface area contributed by atoms with Crippen LogP contribution in [0.25, 0.3) is 0 Å². The van der Waals surface area contributed by atoms with E-state index in [2.05, 4.69) is 6.07 Å². The molecule has 3 nitrogen and oxygen atoms in total. The Morgan fingerprint density at radius 2 is 1.78 bits per heavy atom. The molecule has 2 aromatic carbocycles. The van der Waals surface area contributed by atoms with Crippen molar-refractivity contribution in [1.82, 2.24) is 0 Å². The van der Waals surface area contributed by atoms with Crippen LogP contribution in [0.15, 0.2) is 48.5 Å². The van der Waals surface area contributed by atoms with Crippen molar-refractivity contribution in [3.8, 4) is 17.6 Å². The molecule has 0 bridgehead atoms. The van der Waals surface area contributed by atoms with E-state index < -0.39 is 5.41 Å². The Hall–Kier alpha value is -2.47. The number of rotatable bonds is 5. The fraction of sp³-hybridized carbons (Fsp3) is 0.350. The van der Waals surface area contributed by atoms with Gasteiger partial charge in [0, 0.05) is 5.56 Å². The lowest BCUT2D eigenvalue weighted by molar-refractivity contribution is 0.281. The van der Waals surface area contributed by atoms with Crippen LogP contribution in [0.5, 0.6) is 11.5 Å². The summed E-state index contributed by atoms with van der Waals surface area (Å²) in [6.45, 7) is 0.486. The first-order valence-electron chi connectivity index (χ1n) is 8.04. The highest BCUT2D eigenvalue weighted by molar-refractivity contribution is 5.53. The molecule has 0 aliphatic heterocycles. The molecule has 1 aliphatic rings. The highest BCUT2D eigenvalue weighted by Crippen LogP contribution is 2.47. The van der Waals surface area contributed by atoms with Gasteiger partial charge in [-0.3, -0.25) is 0 Å². The Morgan fingerprint density at radius 1 is 1.04 bits per heavy atom. The van der Waals surface area contributed by atoms with Crippen LogP contribution in [0, 0.1) is 11.3 Å². The Bertz CT molecular complexity index is 697. The molecular weight excluding hydrogens is 286 g/mol. The number of ether oxygens (including phenoxy) is 2. The van der Waals surface area contributed by atoms with E-state index in [1.165, 1.54) is 0 Å². The van der Waals surface area contributed by atoms with Gasteiger partial charge in [0.1, 0.15) is 6.61 Å². The molecule has 118 valence electrons. The summed E-state index contributed by atoms with van der Waals surface area (Å²) >= 11 is 0. The number of para-hydroxylation sites is 1. The molecule has 0 atom stereocenters. The molecule has 0 saturated heterocycles. The average Bonchev–Trinajstić information content (AvgIpc) is 3.10. The fourth-order valence-corrected chi connectivity index (χ4v) is 3.37. The molecule has 0 spiro atoms. The van der Waals surface area contributed by atoms with E-state index in [1.807, 2.05) is 48.5 Å². The molecule has 1 fully saturated rings. The van der Waals surface area contributed by atoms with Gasteiger partial charge < -0.3 is 9.47 Å². The highest BCUT2D eigenvalue weighted by Gasteiger charge is 2.38. The molecule has 1 aliphatic carbocycles. The second kappa shape index (κ2) is 6.75. The third-order valence-corrected chi connectivity index (χ3v) is 4.61. The SMILES string of the molecule is COc1c(OCc2ccccc2)cccc1C1(C#N)CCCC1. The minimum Gasteiger partial charge on any atom is -0.493 e. The van der Waals surface area contributed by atoms with Crippen molar-refractivity contribution in [2.75, 3.05) is 7.11 Å². The van der Waals surface area contributed by atoms with E-state index in [9.17, 15) is 5.26 Å². The molecular formula is C20H21NO2. The van der Waals surface area contributed by atoms with Crippen LogP contribution in [0.3, 0.4) is 0 Å². The topological polar surface area (TPSA) is 42.2 Å². The van der Waals surface area contributed by atoms with Crippen LogP contribution >= 0.6 is 0 Å². The first-order valence-corrected chi connectivity index (χ1v) is 8.04. The Morgan fingerprint density at radius 3 is 2.43 bits per heavy atom. The molecule has 1 saturated carbocycles. The maximum Gasteiger partial charge on any atom is 0.165 e. The summed E-state index contributed by atoms with van der Waals surface area (Å²) in [4.78, 5) is 0. The van der Waals surface area contributed by atoms with Crippen molar-refractivity contribution in [3.63, 3.8) is 0 Å². The van der Waals surface area contributed by atoms with E-state index in [0.29, 0.717) is 18.1 Å². The standard InChI is InChI=1S/C20H21NO2/c1-22-19-17(20(15-21)12-5-6-13-20)10-7-11-18(19)23-14-16-8-3-2-4-9-16/h2-4,7-11H,5-6,12-14H2,1H3. The fourth-order valence-electron chi connectivity index (χ4n) is 3.37. The molecule has 0 unspecified atom stereocenters. The molecule has 3 rings (SSSR count). The summed E-state index contributed by atoms with van der Waals surface area (Å²) in [5, 5.41) is 9.74.